The Morgan fingerprint density at radius 2 is 1.89 bits per heavy atom. The first-order chi connectivity index (χ1) is 12.6. The summed E-state index contributed by atoms with van der Waals surface area (Å²) in [5.74, 6) is 0.437. The Hall–Kier alpha value is -1.63. The van der Waals surface area contributed by atoms with Gasteiger partial charge in [-0.15, -0.1) is 0 Å². The van der Waals surface area contributed by atoms with Gasteiger partial charge in [-0.2, -0.15) is 0 Å². The van der Waals surface area contributed by atoms with Crippen molar-refractivity contribution in [3.8, 4) is 0 Å². The zero-order chi connectivity index (χ0) is 19.8. The number of hydrogen-bond donors (Lipinski definition) is 3. The molecule has 0 aromatic heterocycles. The molecular weight excluding hydrogens is 344 g/mol. The number of nitrogens with zero attached hydrogens (tertiary/aromatic N) is 1. The van der Waals surface area contributed by atoms with E-state index in [9.17, 15) is 14.4 Å². The van der Waals surface area contributed by atoms with E-state index >= 15 is 0 Å². The molecule has 2 atom stereocenters. The van der Waals surface area contributed by atoms with Crippen molar-refractivity contribution in [3.05, 3.63) is 0 Å². The van der Waals surface area contributed by atoms with E-state index in [1.807, 2.05) is 0 Å². The zero-order valence-corrected chi connectivity index (χ0v) is 17.1. The SMILES string of the molecule is CC1CCNCC1NC(=O)CN1C(=O)NC2(CCC(C(C)(C)C)CC2)C1=O. The molecule has 4 amide bonds. The minimum atomic E-state index is -0.807. The Balaban J connectivity index is 1.59. The van der Waals surface area contributed by atoms with Gasteiger partial charge in [-0.3, -0.25) is 14.5 Å². The molecule has 3 N–H and O–H groups in total. The number of hydrogen-bond acceptors (Lipinski definition) is 4. The van der Waals surface area contributed by atoms with Gasteiger partial charge >= 0.3 is 6.03 Å². The van der Waals surface area contributed by atoms with Crippen LogP contribution in [0.3, 0.4) is 0 Å². The number of rotatable bonds is 3. The molecule has 2 saturated heterocycles. The highest BCUT2D eigenvalue weighted by Crippen LogP contribution is 2.43. The van der Waals surface area contributed by atoms with Crippen LogP contribution in [0.4, 0.5) is 4.79 Å². The maximum absolute atomic E-state index is 13.0. The third-order valence-electron chi connectivity index (χ3n) is 6.79. The molecule has 152 valence electrons. The number of piperidine rings is 1. The summed E-state index contributed by atoms with van der Waals surface area (Å²) in [5, 5.41) is 9.15. The van der Waals surface area contributed by atoms with Crippen LogP contribution >= 0.6 is 0 Å². The van der Waals surface area contributed by atoms with Crippen LogP contribution in [0.15, 0.2) is 0 Å². The van der Waals surface area contributed by atoms with Crippen LogP contribution in [0.1, 0.15) is 59.8 Å². The van der Waals surface area contributed by atoms with Crippen LogP contribution in [0.25, 0.3) is 0 Å². The molecule has 27 heavy (non-hydrogen) atoms. The van der Waals surface area contributed by atoms with E-state index in [-0.39, 0.29) is 29.8 Å². The van der Waals surface area contributed by atoms with Crippen molar-refractivity contribution in [3.63, 3.8) is 0 Å². The fraction of sp³-hybridized carbons (Fsp3) is 0.850. The van der Waals surface area contributed by atoms with Crippen molar-refractivity contribution >= 4 is 17.8 Å². The zero-order valence-electron chi connectivity index (χ0n) is 17.1. The van der Waals surface area contributed by atoms with Gasteiger partial charge in [0.15, 0.2) is 0 Å². The number of nitrogens with one attached hydrogen (secondary N) is 3. The highest BCUT2D eigenvalue weighted by molar-refractivity contribution is 6.09. The average Bonchev–Trinajstić information content (AvgIpc) is 2.81. The number of urea groups is 1. The van der Waals surface area contributed by atoms with Gasteiger partial charge in [0.25, 0.3) is 5.91 Å². The van der Waals surface area contributed by atoms with Crippen molar-refractivity contribution in [2.24, 2.45) is 17.3 Å². The Bertz CT molecular complexity index is 605. The van der Waals surface area contributed by atoms with E-state index < -0.39 is 11.6 Å². The van der Waals surface area contributed by atoms with Crippen LogP contribution in [0, 0.1) is 17.3 Å². The summed E-state index contributed by atoms with van der Waals surface area (Å²) in [6.07, 6.45) is 4.15. The molecule has 7 nitrogen and oxygen atoms in total. The summed E-state index contributed by atoms with van der Waals surface area (Å²) in [6.45, 7) is 10.3. The van der Waals surface area contributed by atoms with Crippen LogP contribution in [0.5, 0.6) is 0 Å². The van der Waals surface area contributed by atoms with Gasteiger partial charge in [0, 0.05) is 12.6 Å². The number of imide groups is 1. The molecule has 2 aliphatic heterocycles. The lowest BCUT2D eigenvalue weighted by molar-refractivity contribution is -0.136. The van der Waals surface area contributed by atoms with Crippen molar-refractivity contribution in [1.29, 1.82) is 0 Å². The molecule has 1 saturated carbocycles. The molecule has 3 rings (SSSR count). The van der Waals surface area contributed by atoms with Crippen molar-refractivity contribution in [2.45, 2.75) is 71.4 Å². The molecular formula is C20H34N4O3. The van der Waals surface area contributed by atoms with E-state index in [0.717, 1.165) is 37.3 Å². The van der Waals surface area contributed by atoms with Gasteiger partial charge < -0.3 is 16.0 Å². The van der Waals surface area contributed by atoms with Gasteiger partial charge in [-0.05, 0) is 55.9 Å². The summed E-state index contributed by atoms with van der Waals surface area (Å²) < 4.78 is 0. The van der Waals surface area contributed by atoms with E-state index in [4.69, 9.17) is 0 Å². The van der Waals surface area contributed by atoms with Gasteiger partial charge in [0.2, 0.25) is 5.91 Å². The second-order valence-corrected chi connectivity index (χ2v) is 9.69. The Morgan fingerprint density at radius 1 is 1.22 bits per heavy atom. The number of carbonyl (C=O) groups is 3. The minimum absolute atomic E-state index is 0.0446. The monoisotopic (exact) mass is 378 g/mol. The predicted octanol–water partition coefficient (Wildman–Crippen LogP) is 1.63. The van der Waals surface area contributed by atoms with Crippen molar-refractivity contribution < 1.29 is 14.4 Å². The Kier molecular flexibility index (Phi) is 5.52. The molecule has 0 radical (unpaired) electrons. The smallest absolute Gasteiger partial charge is 0.325 e. The third kappa shape index (κ3) is 4.13. The van der Waals surface area contributed by atoms with E-state index in [2.05, 4.69) is 43.6 Å². The van der Waals surface area contributed by atoms with Crippen LogP contribution in [0.2, 0.25) is 0 Å². The maximum atomic E-state index is 13.0. The van der Waals surface area contributed by atoms with E-state index in [1.165, 1.54) is 0 Å². The normalized spacial score (nSPS) is 34.7. The third-order valence-corrected chi connectivity index (χ3v) is 6.79. The summed E-state index contributed by atoms with van der Waals surface area (Å²) >= 11 is 0. The first kappa shape index (κ1) is 20.1. The Morgan fingerprint density at radius 3 is 2.48 bits per heavy atom. The molecule has 2 heterocycles. The fourth-order valence-corrected chi connectivity index (χ4v) is 4.71. The Labute approximate surface area is 162 Å². The van der Waals surface area contributed by atoms with Crippen molar-refractivity contribution in [1.82, 2.24) is 20.9 Å². The molecule has 0 aromatic rings. The predicted molar refractivity (Wildman–Crippen MR) is 103 cm³/mol. The van der Waals surface area contributed by atoms with Crippen LogP contribution < -0.4 is 16.0 Å². The summed E-state index contributed by atoms with van der Waals surface area (Å²) in [6, 6.07) is -0.387. The van der Waals surface area contributed by atoms with Crippen LogP contribution in [-0.2, 0) is 9.59 Å². The molecule has 2 unspecified atom stereocenters. The standard InChI is InChI=1S/C20H34N4O3/c1-13-7-10-21-11-15(13)22-16(25)12-24-17(26)20(23-18(24)27)8-5-14(6-9-20)19(2,3)4/h13-15,21H,5-12H2,1-4H3,(H,22,25)(H,23,27). The largest absolute Gasteiger partial charge is 0.350 e. The maximum Gasteiger partial charge on any atom is 0.325 e. The lowest BCUT2D eigenvalue weighted by Gasteiger charge is -2.40. The highest BCUT2D eigenvalue weighted by Gasteiger charge is 2.53. The van der Waals surface area contributed by atoms with Gasteiger partial charge in [0.05, 0.1) is 0 Å². The number of amides is 4. The lowest BCUT2D eigenvalue weighted by Crippen LogP contribution is -2.53. The first-order valence-corrected chi connectivity index (χ1v) is 10.3. The van der Waals surface area contributed by atoms with Crippen molar-refractivity contribution in [2.75, 3.05) is 19.6 Å². The second-order valence-electron chi connectivity index (χ2n) is 9.69. The molecule has 7 heteroatoms. The van der Waals surface area contributed by atoms with E-state index in [1.54, 1.807) is 0 Å². The topological polar surface area (TPSA) is 90.5 Å². The quantitative estimate of drug-likeness (QED) is 0.651. The molecule has 3 aliphatic rings. The molecule has 3 fully saturated rings. The molecule has 1 aliphatic carbocycles. The average molecular weight is 379 g/mol. The number of carbonyl (C=O) groups excluding carboxylic acids is 3. The lowest BCUT2D eigenvalue weighted by atomic mass is 9.67. The minimum Gasteiger partial charge on any atom is -0.350 e. The first-order valence-electron chi connectivity index (χ1n) is 10.3. The summed E-state index contributed by atoms with van der Waals surface area (Å²) in [7, 11) is 0. The fourth-order valence-electron chi connectivity index (χ4n) is 4.71. The van der Waals surface area contributed by atoms with Crippen LogP contribution in [-0.4, -0.2) is 54.0 Å². The second kappa shape index (κ2) is 7.41. The summed E-state index contributed by atoms with van der Waals surface area (Å²) in [4.78, 5) is 39.0. The molecule has 1 spiro atoms. The summed E-state index contributed by atoms with van der Waals surface area (Å²) in [5.41, 5.74) is -0.601. The molecule has 0 aromatic carbocycles. The molecule has 0 bridgehead atoms. The van der Waals surface area contributed by atoms with Gasteiger partial charge in [-0.1, -0.05) is 27.7 Å². The van der Waals surface area contributed by atoms with E-state index in [0.29, 0.717) is 24.7 Å². The van der Waals surface area contributed by atoms with Gasteiger partial charge in [0.1, 0.15) is 12.1 Å². The highest BCUT2D eigenvalue weighted by atomic mass is 16.2. The van der Waals surface area contributed by atoms with Gasteiger partial charge in [-0.25, -0.2) is 4.79 Å².